The molecule has 27 heavy (non-hydrogen) atoms. The highest BCUT2D eigenvalue weighted by Gasteiger charge is 2.26. The zero-order chi connectivity index (χ0) is 18.6. The van der Waals surface area contributed by atoms with E-state index < -0.39 is 0 Å². The Morgan fingerprint density at radius 1 is 1.11 bits per heavy atom. The highest BCUT2D eigenvalue weighted by Crippen LogP contribution is 2.34. The van der Waals surface area contributed by atoms with Gasteiger partial charge in [0, 0.05) is 11.4 Å². The third kappa shape index (κ3) is 3.64. The number of nitrogens with zero attached hydrogens (tertiary/aromatic N) is 5. The molecule has 3 aromatic rings. The molecule has 0 bridgehead atoms. The van der Waals surface area contributed by atoms with Crippen LogP contribution in [-0.2, 0) is 4.79 Å². The van der Waals surface area contributed by atoms with Crippen LogP contribution < -0.4 is 4.90 Å². The number of para-hydroxylation sites is 1. The lowest BCUT2D eigenvalue weighted by Gasteiger charge is -2.23. The van der Waals surface area contributed by atoms with Crippen LogP contribution in [0.1, 0.15) is 17.8 Å². The summed E-state index contributed by atoms with van der Waals surface area (Å²) in [7, 11) is 0. The van der Waals surface area contributed by atoms with Crippen molar-refractivity contribution >= 4 is 35.1 Å². The molecule has 0 atom stereocenters. The fraction of sp³-hybridized carbons (Fsp3) is 0.200. The predicted octanol–water partition coefficient (Wildman–Crippen LogP) is 3.51. The lowest BCUT2D eigenvalue weighted by atomic mass is 10.1. The zero-order valence-electron chi connectivity index (χ0n) is 14.9. The molecule has 0 spiro atoms. The smallest absolute Gasteiger partial charge is 0.277 e. The molecule has 0 aliphatic carbocycles. The largest absolute Gasteiger partial charge is 0.306 e. The van der Waals surface area contributed by atoms with Gasteiger partial charge in [-0.2, -0.15) is 4.68 Å². The van der Waals surface area contributed by atoms with Crippen LogP contribution in [-0.4, -0.2) is 38.4 Å². The Morgan fingerprint density at radius 3 is 2.67 bits per heavy atom. The molecule has 1 aliphatic heterocycles. The van der Waals surface area contributed by atoms with Crippen LogP contribution in [0.5, 0.6) is 0 Å². The fourth-order valence-corrected chi connectivity index (χ4v) is 4.05. The first-order valence-electron chi connectivity index (χ1n) is 8.80. The first-order chi connectivity index (χ1) is 13.2. The number of carbonyl (C=O) groups is 1. The number of amides is 1. The van der Waals surface area contributed by atoms with Crippen molar-refractivity contribution < 1.29 is 4.79 Å². The van der Waals surface area contributed by atoms with E-state index in [0.29, 0.717) is 18.1 Å². The van der Waals surface area contributed by atoms with Gasteiger partial charge in [0.15, 0.2) is 5.82 Å². The molecule has 2 aromatic carbocycles. The number of fused-ring (bicyclic) bond motifs is 1. The van der Waals surface area contributed by atoms with Crippen LogP contribution in [0.15, 0.2) is 59.5 Å². The van der Waals surface area contributed by atoms with E-state index in [2.05, 4.69) is 21.6 Å². The maximum atomic E-state index is 13.6. The summed E-state index contributed by atoms with van der Waals surface area (Å²) in [5.41, 5.74) is 2.30. The number of hydrogen-bond acceptors (Lipinski definition) is 5. The fourth-order valence-electron chi connectivity index (χ4n) is 3.05. The summed E-state index contributed by atoms with van der Waals surface area (Å²) in [5, 5.41) is 11.7. The van der Waals surface area contributed by atoms with Gasteiger partial charge in [-0.15, -0.1) is 16.9 Å². The van der Waals surface area contributed by atoms with E-state index in [4.69, 9.17) is 0 Å². The summed E-state index contributed by atoms with van der Waals surface area (Å²) in [4.78, 5) is 16.6. The molecule has 6 nitrogen and oxygen atoms in total. The third-order valence-electron chi connectivity index (χ3n) is 4.36. The summed E-state index contributed by atoms with van der Waals surface area (Å²) in [6, 6.07) is 17.8. The topological polar surface area (TPSA) is 63.9 Å². The quantitative estimate of drug-likeness (QED) is 0.654. The van der Waals surface area contributed by atoms with Gasteiger partial charge in [0.05, 0.1) is 5.69 Å². The lowest BCUT2D eigenvalue weighted by Crippen LogP contribution is -2.34. The highest BCUT2D eigenvalue weighted by atomic mass is 32.2. The van der Waals surface area contributed by atoms with E-state index in [1.54, 1.807) is 18.7 Å². The van der Waals surface area contributed by atoms with Crippen molar-refractivity contribution in [1.29, 1.82) is 0 Å². The van der Waals surface area contributed by atoms with E-state index in [1.807, 2.05) is 59.5 Å². The van der Waals surface area contributed by atoms with Gasteiger partial charge in [0.2, 0.25) is 0 Å². The zero-order valence-corrected chi connectivity index (χ0v) is 15.8. The molecule has 136 valence electrons. The molecule has 0 saturated carbocycles. The minimum absolute atomic E-state index is 0.107. The number of tetrazole rings is 1. The van der Waals surface area contributed by atoms with E-state index >= 15 is 0 Å². The molecule has 1 aliphatic rings. The second-order valence-corrected chi connectivity index (χ2v) is 7.34. The van der Waals surface area contributed by atoms with Crippen molar-refractivity contribution in [1.82, 2.24) is 20.2 Å². The summed E-state index contributed by atoms with van der Waals surface area (Å²) >= 11 is 1.79. The molecular weight excluding hydrogens is 358 g/mol. The first-order valence-corrected chi connectivity index (χ1v) is 9.78. The molecular formula is C20H19N5OS. The van der Waals surface area contributed by atoms with Gasteiger partial charge in [0.1, 0.15) is 5.70 Å². The standard InChI is InChI=1S/C20H19N5OS/c1-15-21-22-23-25(15)18(14-16-8-3-2-4-9-16)20(26)24-12-7-13-27-19-11-6-5-10-17(19)24/h2-6,8-11,14H,7,12-13H2,1H3/b18-14+. The molecule has 0 N–H and O–H groups in total. The highest BCUT2D eigenvalue weighted by molar-refractivity contribution is 7.99. The normalized spacial score (nSPS) is 14.6. The number of thioether (sulfide) groups is 1. The molecule has 0 saturated heterocycles. The number of benzene rings is 2. The monoisotopic (exact) mass is 377 g/mol. The molecule has 1 amide bonds. The van der Waals surface area contributed by atoms with Crippen LogP contribution in [0, 0.1) is 6.92 Å². The van der Waals surface area contributed by atoms with Crippen LogP contribution in [0.25, 0.3) is 11.8 Å². The van der Waals surface area contributed by atoms with E-state index in [9.17, 15) is 4.79 Å². The first kappa shape index (κ1) is 17.5. The van der Waals surface area contributed by atoms with Crippen molar-refractivity contribution in [3.8, 4) is 0 Å². The Hall–Kier alpha value is -2.93. The molecule has 0 unspecified atom stereocenters. The summed E-state index contributed by atoms with van der Waals surface area (Å²) in [6.07, 6.45) is 2.77. The van der Waals surface area contributed by atoms with Gasteiger partial charge >= 0.3 is 0 Å². The van der Waals surface area contributed by atoms with Crippen molar-refractivity contribution in [3.05, 3.63) is 66.0 Å². The number of anilines is 1. The Labute approximate surface area is 161 Å². The lowest BCUT2D eigenvalue weighted by molar-refractivity contribution is -0.113. The number of hydrogen-bond donors (Lipinski definition) is 0. The van der Waals surface area contributed by atoms with Crippen molar-refractivity contribution in [2.45, 2.75) is 18.2 Å². The average molecular weight is 377 g/mol. The SMILES string of the molecule is Cc1nnnn1/C(=C/c1ccccc1)C(=O)N1CCCSc2ccccc21. The molecule has 0 fully saturated rings. The Bertz CT molecular complexity index is 983. The van der Waals surface area contributed by atoms with Gasteiger partial charge in [-0.1, -0.05) is 42.5 Å². The number of carbonyl (C=O) groups excluding carboxylic acids is 1. The third-order valence-corrected chi connectivity index (χ3v) is 5.51. The Kier molecular flexibility index (Phi) is 5.02. The Balaban J connectivity index is 1.80. The molecule has 4 rings (SSSR count). The van der Waals surface area contributed by atoms with Gasteiger partial charge < -0.3 is 4.90 Å². The summed E-state index contributed by atoms with van der Waals surface area (Å²) in [6.45, 7) is 2.45. The van der Waals surface area contributed by atoms with E-state index in [0.717, 1.165) is 28.3 Å². The molecule has 7 heteroatoms. The maximum Gasteiger partial charge on any atom is 0.277 e. The van der Waals surface area contributed by atoms with Gasteiger partial charge in [-0.3, -0.25) is 4.79 Å². The van der Waals surface area contributed by atoms with Gasteiger partial charge in [-0.25, -0.2) is 0 Å². The minimum Gasteiger partial charge on any atom is -0.306 e. The van der Waals surface area contributed by atoms with Crippen LogP contribution in [0.3, 0.4) is 0 Å². The van der Waals surface area contributed by atoms with Crippen molar-refractivity contribution in [3.63, 3.8) is 0 Å². The molecule has 1 aromatic heterocycles. The number of aryl methyl sites for hydroxylation is 1. The van der Waals surface area contributed by atoms with Crippen molar-refractivity contribution in [2.75, 3.05) is 17.2 Å². The van der Waals surface area contributed by atoms with Crippen LogP contribution in [0.2, 0.25) is 0 Å². The second-order valence-electron chi connectivity index (χ2n) is 6.20. The summed E-state index contributed by atoms with van der Waals surface area (Å²) in [5.74, 6) is 1.45. The molecule has 0 radical (unpaired) electrons. The van der Waals surface area contributed by atoms with Crippen LogP contribution >= 0.6 is 11.8 Å². The number of aromatic nitrogens is 4. The van der Waals surface area contributed by atoms with Gasteiger partial charge in [-0.05, 0) is 53.3 Å². The molecule has 2 heterocycles. The minimum atomic E-state index is -0.107. The van der Waals surface area contributed by atoms with E-state index in [1.165, 1.54) is 4.68 Å². The van der Waals surface area contributed by atoms with Gasteiger partial charge in [0.25, 0.3) is 5.91 Å². The maximum absolute atomic E-state index is 13.6. The Morgan fingerprint density at radius 2 is 1.89 bits per heavy atom. The predicted molar refractivity (Wildman–Crippen MR) is 107 cm³/mol. The van der Waals surface area contributed by atoms with Crippen molar-refractivity contribution in [2.24, 2.45) is 0 Å². The van der Waals surface area contributed by atoms with Crippen LogP contribution in [0.4, 0.5) is 5.69 Å². The number of rotatable bonds is 3. The average Bonchev–Trinajstić information content (AvgIpc) is 3.00. The summed E-state index contributed by atoms with van der Waals surface area (Å²) < 4.78 is 1.51. The van der Waals surface area contributed by atoms with E-state index in [-0.39, 0.29) is 5.91 Å². The second kappa shape index (κ2) is 7.75.